The first-order valence-electron chi connectivity index (χ1n) is 5.17. The molecule has 2 nitrogen and oxygen atoms in total. The van der Waals surface area contributed by atoms with E-state index in [9.17, 15) is 13.6 Å². The third-order valence-electron chi connectivity index (χ3n) is 2.09. The Morgan fingerprint density at radius 2 is 1.81 bits per heavy atom. The first kappa shape index (κ1) is 12.6. The Bertz CT molecular complexity index is 346. The molecule has 1 rings (SSSR count). The molecule has 1 radical (unpaired) electrons. The molecule has 0 aliphatic carbocycles. The summed E-state index contributed by atoms with van der Waals surface area (Å²) >= 11 is 0. The molecule has 16 heavy (non-hydrogen) atoms. The maximum Gasteiger partial charge on any atom is 0.251 e. The number of hydrogen-bond acceptors (Lipinski definition) is 1. The molecule has 0 saturated heterocycles. The van der Waals surface area contributed by atoms with Crippen molar-refractivity contribution < 1.29 is 13.6 Å². The molecule has 0 aromatic heterocycles. The molecule has 0 aliphatic heterocycles. The molecule has 1 N–H and O–H groups in total. The third kappa shape index (κ3) is 3.96. The Hall–Kier alpha value is -1.45. The predicted octanol–water partition coefficient (Wildman–Crippen LogP) is 2.70. The maximum absolute atomic E-state index is 12.8. The second-order valence-electron chi connectivity index (χ2n) is 3.47. The van der Waals surface area contributed by atoms with Crippen LogP contribution in [0.3, 0.4) is 0 Å². The molecule has 0 atom stereocenters. The van der Waals surface area contributed by atoms with Gasteiger partial charge in [-0.05, 0) is 18.6 Å². The van der Waals surface area contributed by atoms with Gasteiger partial charge in [0.2, 0.25) is 0 Å². The van der Waals surface area contributed by atoms with E-state index in [0.717, 1.165) is 37.5 Å². The number of nitrogens with one attached hydrogen (secondary N) is 1. The van der Waals surface area contributed by atoms with Crippen LogP contribution in [0.25, 0.3) is 0 Å². The Balaban J connectivity index is 2.52. The summed E-state index contributed by atoms with van der Waals surface area (Å²) in [6, 6.07) is 2.76. The highest BCUT2D eigenvalue weighted by Crippen LogP contribution is 2.07. The number of carbonyl (C=O) groups excluding carboxylic acids is 1. The first-order chi connectivity index (χ1) is 7.63. The van der Waals surface area contributed by atoms with Crippen molar-refractivity contribution in [2.45, 2.75) is 19.3 Å². The lowest BCUT2D eigenvalue weighted by Gasteiger charge is -2.04. The number of unbranched alkanes of at least 4 members (excludes halogenated alkanes) is 2. The Morgan fingerprint density at radius 3 is 2.38 bits per heavy atom. The molecule has 1 amide bonds. The van der Waals surface area contributed by atoms with E-state index in [1.54, 1.807) is 0 Å². The van der Waals surface area contributed by atoms with Crippen molar-refractivity contribution in [3.05, 3.63) is 42.3 Å². The monoisotopic (exact) mass is 226 g/mol. The molecular formula is C12H14F2NO. The second kappa shape index (κ2) is 6.20. The quantitative estimate of drug-likeness (QED) is 0.768. The molecule has 4 heteroatoms. The lowest BCUT2D eigenvalue weighted by Crippen LogP contribution is -2.24. The summed E-state index contributed by atoms with van der Waals surface area (Å²) in [5, 5.41) is 2.59. The normalized spacial score (nSPS) is 10.2. The zero-order valence-corrected chi connectivity index (χ0v) is 8.93. The van der Waals surface area contributed by atoms with E-state index in [1.165, 1.54) is 0 Å². The van der Waals surface area contributed by atoms with Crippen LogP contribution >= 0.6 is 0 Å². The summed E-state index contributed by atoms with van der Waals surface area (Å²) in [6.07, 6.45) is 2.54. The van der Waals surface area contributed by atoms with Crippen LogP contribution in [0.5, 0.6) is 0 Å². The molecule has 0 heterocycles. The first-order valence-corrected chi connectivity index (χ1v) is 5.17. The zero-order valence-electron chi connectivity index (χ0n) is 8.93. The standard InChI is InChI=1S/C12H14F2NO/c1-2-3-4-5-15-12(16)9-6-10(13)8-11(14)7-9/h6-8H,1-5H2,(H,15,16). The average molecular weight is 226 g/mol. The minimum absolute atomic E-state index is 0.00660. The third-order valence-corrected chi connectivity index (χ3v) is 2.09. The molecule has 0 saturated carbocycles. The minimum atomic E-state index is -0.747. The minimum Gasteiger partial charge on any atom is -0.352 e. The molecule has 87 valence electrons. The van der Waals surface area contributed by atoms with Crippen LogP contribution in [0.1, 0.15) is 29.6 Å². The molecular weight excluding hydrogens is 212 g/mol. The highest BCUT2D eigenvalue weighted by molar-refractivity contribution is 5.94. The fraction of sp³-hybridized carbons (Fsp3) is 0.333. The topological polar surface area (TPSA) is 29.1 Å². The number of hydrogen-bond donors (Lipinski definition) is 1. The smallest absolute Gasteiger partial charge is 0.251 e. The summed E-state index contributed by atoms with van der Waals surface area (Å²) in [4.78, 5) is 11.5. The van der Waals surface area contributed by atoms with E-state index in [2.05, 4.69) is 12.2 Å². The summed E-state index contributed by atoms with van der Waals surface area (Å²) in [6.45, 7) is 4.16. The van der Waals surface area contributed by atoms with Gasteiger partial charge < -0.3 is 5.32 Å². The largest absolute Gasteiger partial charge is 0.352 e. The van der Waals surface area contributed by atoms with Crippen molar-refractivity contribution >= 4 is 5.91 Å². The maximum atomic E-state index is 12.8. The van der Waals surface area contributed by atoms with Crippen LogP contribution in [-0.4, -0.2) is 12.5 Å². The molecule has 1 aromatic carbocycles. The van der Waals surface area contributed by atoms with Gasteiger partial charge in [-0.2, -0.15) is 0 Å². The average Bonchev–Trinajstić information content (AvgIpc) is 2.22. The van der Waals surface area contributed by atoms with Crippen molar-refractivity contribution in [1.29, 1.82) is 0 Å². The summed E-state index contributed by atoms with van der Waals surface area (Å²) in [7, 11) is 0. The van der Waals surface area contributed by atoms with Gasteiger partial charge in [0.1, 0.15) is 11.6 Å². The van der Waals surface area contributed by atoms with Crippen LogP contribution in [-0.2, 0) is 0 Å². The van der Waals surface area contributed by atoms with Gasteiger partial charge in [0.25, 0.3) is 5.91 Å². The van der Waals surface area contributed by atoms with E-state index in [4.69, 9.17) is 0 Å². The molecule has 0 spiro atoms. The highest BCUT2D eigenvalue weighted by Gasteiger charge is 2.08. The summed E-state index contributed by atoms with van der Waals surface area (Å²) in [5.41, 5.74) is 0.00660. The fourth-order valence-corrected chi connectivity index (χ4v) is 1.29. The van der Waals surface area contributed by atoms with Crippen LogP contribution in [0, 0.1) is 18.6 Å². The van der Waals surface area contributed by atoms with Crippen molar-refractivity contribution in [2.75, 3.05) is 6.54 Å². The van der Waals surface area contributed by atoms with Crippen LogP contribution < -0.4 is 5.32 Å². The van der Waals surface area contributed by atoms with Gasteiger partial charge >= 0.3 is 0 Å². The van der Waals surface area contributed by atoms with Gasteiger partial charge in [-0.15, -0.1) is 0 Å². The Labute approximate surface area is 93.7 Å². The van der Waals surface area contributed by atoms with Gasteiger partial charge in [-0.3, -0.25) is 4.79 Å². The highest BCUT2D eigenvalue weighted by atomic mass is 19.1. The van der Waals surface area contributed by atoms with Crippen molar-refractivity contribution in [2.24, 2.45) is 0 Å². The van der Waals surface area contributed by atoms with E-state index >= 15 is 0 Å². The summed E-state index contributed by atoms with van der Waals surface area (Å²) < 4.78 is 25.6. The van der Waals surface area contributed by atoms with Crippen molar-refractivity contribution in [1.82, 2.24) is 5.32 Å². The van der Waals surface area contributed by atoms with Gasteiger partial charge in [-0.25, -0.2) is 8.78 Å². The van der Waals surface area contributed by atoms with Crippen LogP contribution in [0.15, 0.2) is 18.2 Å². The van der Waals surface area contributed by atoms with Gasteiger partial charge in [-0.1, -0.05) is 19.8 Å². The van der Waals surface area contributed by atoms with Gasteiger partial charge in [0.05, 0.1) is 0 Å². The zero-order chi connectivity index (χ0) is 12.0. The van der Waals surface area contributed by atoms with E-state index < -0.39 is 17.5 Å². The SMILES string of the molecule is [CH2]CCCCNC(=O)c1cc(F)cc(F)c1. The van der Waals surface area contributed by atoms with Gasteiger partial charge in [0, 0.05) is 18.2 Å². The number of amides is 1. The predicted molar refractivity (Wildman–Crippen MR) is 57.9 cm³/mol. The lowest BCUT2D eigenvalue weighted by atomic mass is 10.2. The lowest BCUT2D eigenvalue weighted by molar-refractivity contribution is 0.0952. The van der Waals surface area contributed by atoms with Crippen molar-refractivity contribution in [3.8, 4) is 0 Å². The number of benzene rings is 1. The number of rotatable bonds is 5. The van der Waals surface area contributed by atoms with E-state index in [1.807, 2.05) is 0 Å². The van der Waals surface area contributed by atoms with Crippen LogP contribution in [0.4, 0.5) is 8.78 Å². The van der Waals surface area contributed by atoms with Gasteiger partial charge in [0.15, 0.2) is 0 Å². The molecule has 1 aromatic rings. The Kier molecular flexibility index (Phi) is 4.89. The molecule has 0 unspecified atom stereocenters. The number of carbonyl (C=O) groups is 1. The second-order valence-corrected chi connectivity index (χ2v) is 3.47. The summed E-state index contributed by atoms with van der Waals surface area (Å²) in [5.74, 6) is -1.95. The number of halogens is 2. The fourth-order valence-electron chi connectivity index (χ4n) is 1.29. The molecule has 0 bridgehead atoms. The Morgan fingerprint density at radius 1 is 1.19 bits per heavy atom. The van der Waals surface area contributed by atoms with Crippen molar-refractivity contribution in [3.63, 3.8) is 0 Å². The molecule has 0 aliphatic rings. The molecule has 0 fully saturated rings. The van der Waals surface area contributed by atoms with Crippen LogP contribution in [0.2, 0.25) is 0 Å². The van der Waals surface area contributed by atoms with E-state index in [0.29, 0.717) is 6.54 Å². The van der Waals surface area contributed by atoms with E-state index in [-0.39, 0.29) is 5.56 Å².